The Labute approximate surface area is 97.0 Å². The predicted molar refractivity (Wildman–Crippen MR) is 59.7 cm³/mol. The van der Waals surface area contributed by atoms with E-state index in [1.54, 1.807) is 6.20 Å². The molecular formula is C10H13BrN2O2. The fourth-order valence-electron chi connectivity index (χ4n) is 1.59. The average molecular weight is 273 g/mol. The summed E-state index contributed by atoms with van der Waals surface area (Å²) >= 11 is 3.21. The number of morpholine rings is 1. The normalized spacial score (nSPS) is 17.9. The quantitative estimate of drug-likeness (QED) is 0.827. The van der Waals surface area contributed by atoms with Crippen LogP contribution in [0.4, 0.5) is 0 Å². The van der Waals surface area contributed by atoms with Crippen LogP contribution in [0.15, 0.2) is 16.9 Å². The molecule has 1 saturated heterocycles. The van der Waals surface area contributed by atoms with Gasteiger partial charge in [0.2, 0.25) is 0 Å². The fraction of sp³-hybridized carbons (Fsp3) is 0.500. The first-order chi connectivity index (χ1) is 7.27. The highest BCUT2D eigenvalue weighted by Gasteiger charge is 2.13. The second-order valence-corrected chi connectivity index (χ2v) is 4.25. The van der Waals surface area contributed by atoms with E-state index in [-0.39, 0.29) is 5.75 Å². The lowest BCUT2D eigenvalue weighted by Crippen LogP contribution is -2.35. The molecule has 1 aromatic rings. The SMILES string of the molecule is Oc1c(CN2CCOCC2)ccnc1Br. The maximum Gasteiger partial charge on any atom is 0.152 e. The summed E-state index contributed by atoms with van der Waals surface area (Å²) in [6.45, 7) is 4.12. The molecular weight excluding hydrogens is 260 g/mol. The summed E-state index contributed by atoms with van der Waals surface area (Å²) in [6, 6.07) is 1.84. The topological polar surface area (TPSA) is 45.6 Å². The third-order valence-electron chi connectivity index (χ3n) is 2.46. The number of ether oxygens (including phenoxy) is 1. The molecule has 1 aliphatic rings. The van der Waals surface area contributed by atoms with Crippen LogP contribution in [-0.4, -0.2) is 41.3 Å². The minimum atomic E-state index is 0.240. The van der Waals surface area contributed by atoms with Crippen LogP contribution in [0.25, 0.3) is 0 Å². The van der Waals surface area contributed by atoms with E-state index in [2.05, 4.69) is 25.8 Å². The van der Waals surface area contributed by atoms with E-state index in [1.807, 2.05) is 6.07 Å². The minimum Gasteiger partial charge on any atom is -0.505 e. The van der Waals surface area contributed by atoms with Gasteiger partial charge in [-0.3, -0.25) is 4.90 Å². The summed E-state index contributed by atoms with van der Waals surface area (Å²) in [5.41, 5.74) is 0.902. The molecule has 0 radical (unpaired) electrons. The average Bonchev–Trinajstić information content (AvgIpc) is 2.26. The molecule has 0 atom stereocenters. The number of aromatic hydroxyl groups is 1. The van der Waals surface area contributed by atoms with Crippen molar-refractivity contribution in [2.75, 3.05) is 26.3 Å². The number of rotatable bonds is 2. The van der Waals surface area contributed by atoms with Gasteiger partial charge in [0.05, 0.1) is 13.2 Å². The highest BCUT2D eigenvalue weighted by Crippen LogP contribution is 2.26. The van der Waals surface area contributed by atoms with Gasteiger partial charge in [-0.2, -0.15) is 0 Å². The third kappa shape index (κ3) is 2.68. The maximum atomic E-state index is 9.76. The van der Waals surface area contributed by atoms with Crippen molar-refractivity contribution in [2.24, 2.45) is 0 Å². The summed E-state index contributed by atoms with van der Waals surface area (Å²) < 4.78 is 5.77. The first-order valence-corrected chi connectivity index (χ1v) is 5.69. The number of hydrogen-bond acceptors (Lipinski definition) is 4. The van der Waals surface area contributed by atoms with E-state index in [9.17, 15) is 5.11 Å². The zero-order chi connectivity index (χ0) is 10.7. The van der Waals surface area contributed by atoms with Crippen LogP contribution < -0.4 is 0 Å². The molecule has 1 fully saturated rings. The second-order valence-electron chi connectivity index (χ2n) is 3.50. The summed E-state index contributed by atoms with van der Waals surface area (Å²) in [5, 5.41) is 9.76. The van der Waals surface area contributed by atoms with Gasteiger partial charge in [-0.1, -0.05) is 0 Å². The van der Waals surface area contributed by atoms with Crippen molar-refractivity contribution in [3.8, 4) is 5.75 Å². The Morgan fingerprint density at radius 2 is 2.20 bits per heavy atom. The third-order valence-corrected chi connectivity index (χ3v) is 3.04. The van der Waals surface area contributed by atoms with E-state index in [4.69, 9.17) is 4.74 Å². The van der Waals surface area contributed by atoms with Gasteiger partial charge in [0.1, 0.15) is 4.60 Å². The van der Waals surface area contributed by atoms with Crippen LogP contribution in [0.1, 0.15) is 5.56 Å². The van der Waals surface area contributed by atoms with Crippen LogP contribution in [0, 0.1) is 0 Å². The molecule has 2 rings (SSSR count). The molecule has 1 N–H and O–H groups in total. The standard InChI is InChI=1S/C10H13BrN2O2/c11-10-9(14)8(1-2-12-10)7-13-3-5-15-6-4-13/h1-2,14H,3-7H2. The van der Waals surface area contributed by atoms with Gasteiger partial charge in [0.25, 0.3) is 0 Å². The Morgan fingerprint density at radius 3 is 2.93 bits per heavy atom. The lowest BCUT2D eigenvalue weighted by Gasteiger charge is -2.26. The molecule has 0 bridgehead atoms. The first kappa shape index (κ1) is 10.9. The summed E-state index contributed by atoms with van der Waals surface area (Å²) in [6.07, 6.45) is 1.69. The maximum absolute atomic E-state index is 9.76. The highest BCUT2D eigenvalue weighted by molar-refractivity contribution is 9.10. The number of nitrogens with zero attached hydrogens (tertiary/aromatic N) is 2. The van der Waals surface area contributed by atoms with E-state index in [0.29, 0.717) is 4.60 Å². The van der Waals surface area contributed by atoms with Gasteiger partial charge < -0.3 is 9.84 Å². The molecule has 0 amide bonds. The van der Waals surface area contributed by atoms with Crippen molar-refractivity contribution in [1.29, 1.82) is 0 Å². The molecule has 1 aliphatic heterocycles. The van der Waals surface area contributed by atoms with Gasteiger partial charge in [-0.05, 0) is 22.0 Å². The van der Waals surface area contributed by atoms with Crippen molar-refractivity contribution >= 4 is 15.9 Å². The zero-order valence-electron chi connectivity index (χ0n) is 8.32. The Balaban J connectivity index is 2.06. The van der Waals surface area contributed by atoms with Crippen molar-refractivity contribution in [2.45, 2.75) is 6.54 Å². The monoisotopic (exact) mass is 272 g/mol. The van der Waals surface area contributed by atoms with E-state index < -0.39 is 0 Å². The van der Waals surface area contributed by atoms with Crippen LogP contribution >= 0.6 is 15.9 Å². The Bertz CT molecular complexity index is 340. The summed E-state index contributed by atoms with van der Waals surface area (Å²) in [5.74, 6) is 0.240. The molecule has 0 aliphatic carbocycles. The molecule has 0 saturated carbocycles. The van der Waals surface area contributed by atoms with Gasteiger partial charge in [0.15, 0.2) is 5.75 Å². The van der Waals surface area contributed by atoms with E-state index in [0.717, 1.165) is 38.4 Å². The molecule has 1 aromatic heterocycles. The largest absolute Gasteiger partial charge is 0.505 e. The van der Waals surface area contributed by atoms with E-state index >= 15 is 0 Å². The van der Waals surface area contributed by atoms with Crippen molar-refractivity contribution in [3.05, 3.63) is 22.4 Å². The molecule has 0 unspecified atom stereocenters. The van der Waals surface area contributed by atoms with Crippen LogP contribution in [0.2, 0.25) is 0 Å². The van der Waals surface area contributed by atoms with Gasteiger partial charge >= 0.3 is 0 Å². The Morgan fingerprint density at radius 1 is 1.47 bits per heavy atom. The number of hydrogen-bond donors (Lipinski definition) is 1. The lowest BCUT2D eigenvalue weighted by atomic mass is 10.2. The predicted octanol–water partition coefficient (Wildman–Crippen LogP) is 1.38. The summed E-state index contributed by atoms with van der Waals surface area (Å²) in [4.78, 5) is 6.21. The molecule has 0 spiro atoms. The molecule has 82 valence electrons. The van der Waals surface area contributed by atoms with Crippen molar-refractivity contribution in [1.82, 2.24) is 9.88 Å². The first-order valence-electron chi connectivity index (χ1n) is 4.90. The fourth-order valence-corrected chi connectivity index (χ4v) is 1.97. The number of aromatic nitrogens is 1. The second kappa shape index (κ2) is 4.92. The van der Waals surface area contributed by atoms with Crippen LogP contribution in [-0.2, 0) is 11.3 Å². The molecule has 4 nitrogen and oxygen atoms in total. The van der Waals surface area contributed by atoms with Crippen molar-refractivity contribution < 1.29 is 9.84 Å². The zero-order valence-corrected chi connectivity index (χ0v) is 9.90. The minimum absolute atomic E-state index is 0.240. The van der Waals surface area contributed by atoms with Crippen LogP contribution in [0.5, 0.6) is 5.75 Å². The summed E-state index contributed by atoms with van der Waals surface area (Å²) in [7, 11) is 0. The molecule has 5 heteroatoms. The molecule has 15 heavy (non-hydrogen) atoms. The molecule has 0 aromatic carbocycles. The van der Waals surface area contributed by atoms with Gasteiger partial charge in [-0.25, -0.2) is 4.98 Å². The Hall–Kier alpha value is -0.650. The van der Waals surface area contributed by atoms with Crippen LogP contribution in [0.3, 0.4) is 0 Å². The van der Waals surface area contributed by atoms with E-state index in [1.165, 1.54) is 0 Å². The number of halogens is 1. The Kier molecular flexibility index (Phi) is 3.56. The highest BCUT2D eigenvalue weighted by atomic mass is 79.9. The number of pyridine rings is 1. The van der Waals surface area contributed by atoms with Crippen molar-refractivity contribution in [3.63, 3.8) is 0 Å². The lowest BCUT2D eigenvalue weighted by molar-refractivity contribution is 0.0338. The molecule has 2 heterocycles. The smallest absolute Gasteiger partial charge is 0.152 e. The van der Waals surface area contributed by atoms with Gasteiger partial charge in [-0.15, -0.1) is 0 Å². The van der Waals surface area contributed by atoms with Gasteiger partial charge in [0, 0.05) is 31.4 Å².